The fourth-order valence-electron chi connectivity index (χ4n) is 1.45. The van der Waals surface area contributed by atoms with Gasteiger partial charge in [-0.2, -0.15) is 5.10 Å². The number of thiophene rings is 1. The zero-order valence-electron chi connectivity index (χ0n) is 8.97. The van der Waals surface area contributed by atoms with Crippen molar-refractivity contribution in [2.45, 2.75) is 19.5 Å². The first-order chi connectivity index (χ1) is 7.25. The number of aryl methyl sites for hydroxylation is 1. The van der Waals surface area contributed by atoms with Gasteiger partial charge in [0.15, 0.2) is 0 Å². The fourth-order valence-corrected chi connectivity index (χ4v) is 2.21. The predicted octanol–water partition coefficient (Wildman–Crippen LogP) is 2.33. The van der Waals surface area contributed by atoms with Crippen LogP contribution in [0.25, 0.3) is 0 Å². The summed E-state index contributed by atoms with van der Waals surface area (Å²) in [7, 11) is 1.94. The molecule has 2 aromatic rings. The standard InChI is InChI=1S/C11H15N3S/c1-9(11-4-3-7-15-11)12-8-10-5-6-14(2)13-10/h3-7,9,12H,8H2,1-2H3/t9-/m1/s1. The smallest absolute Gasteiger partial charge is 0.0762 e. The molecule has 3 nitrogen and oxygen atoms in total. The summed E-state index contributed by atoms with van der Waals surface area (Å²) in [5.41, 5.74) is 1.08. The molecule has 2 heterocycles. The van der Waals surface area contributed by atoms with Gasteiger partial charge in [-0.05, 0) is 24.4 Å². The number of hydrogen-bond acceptors (Lipinski definition) is 3. The molecule has 4 heteroatoms. The summed E-state index contributed by atoms with van der Waals surface area (Å²) in [5, 5.41) is 9.88. The van der Waals surface area contributed by atoms with Crippen molar-refractivity contribution in [2.75, 3.05) is 0 Å². The van der Waals surface area contributed by atoms with Crippen molar-refractivity contribution < 1.29 is 0 Å². The first-order valence-electron chi connectivity index (χ1n) is 5.01. The Balaban J connectivity index is 1.88. The van der Waals surface area contributed by atoms with Crippen LogP contribution in [0.5, 0.6) is 0 Å². The first kappa shape index (κ1) is 10.4. The molecule has 15 heavy (non-hydrogen) atoms. The molecule has 0 amide bonds. The minimum absolute atomic E-state index is 0.395. The number of hydrogen-bond donors (Lipinski definition) is 1. The lowest BCUT2D eigenvalue weighted by Gasteiger charge is -2.10. The molecule has 0 aliphatic heterocycles. The zero-order chi connectivity index (χ0) is 10.7. The Bertz CT molecular complexity index is 405. The lowest BCUT2D eigenvalue weighted by Crippen LogP contribution is -2.17. The third kappa shape index (κ3) is 2.67. The lowest BCUT2D eigenvalue weighted by atomic mass is 10.2. The maximum atomic E-state index is 4.32. The van der Waals surface area contributed by atoms with Gasteiger partial charge in [0.1, 0.15) is 0 Å². The number of nitrogens with one attached hydrogen (secondary N) is 1. The molecule has 0 spiro atoms. The normalized spacial score (nSPS) is 12.9. The molecule has 2 aromatic heterocycles. The SMILES string of the molecule is C[C@@H](NCc1ccn(C)n1)c1cccs1. The predicted molar refractivity (Wildman–Crippen MR) is 62.8 cm³/mol. The fraction of sp³-hybridized carbons (Fsp3) is 0.364. The topological polar surface area (TPSA) is 29.9 Å². The molecule has 0 saturated heterocycles. The summed E-state index contributed by atoms with van der Waals surface area (Å²) in [6.45, 7) is 2.99. The molecule has 1 atom stereocenters. The van der Waals surface area contributed by atoms with Crippen LogP contribution >= 0.6 is 11.3 Å². The van der Waals surface area contributed by atoms with Crippen LogP contribution < -0.4 is 5.32 Å². The first-order valence-corrected chi connectivity index (χ1v) is 5.89. The van der Waals surface area contributed by atoms with E-state index in [4.69, 9.17) is 0 Å². The molecule has 0 saturated carbocycles. The van der Waals surface area contributed by atoms with Gasteiger partial charge >= 0.3 is 0 Å². The summed E-state index contributed by atoms with van der Waals surface area (Å²) in [6, 6.07) is 6.67. The second-order valence-corrected chi connectivity index (χ2v) is 4.58. The highest BCUT2D eigenvalue weighted by atomic mass is 32.1. The van der Waals surface area contributed by atoms with Crippen molar-refractivity contribution >= 4 is 11.3 Å². The van der Waals surface area contributed by atoms with E-state index < -0.39 is 0 Å². The van der Waals surface area contributed by atoms with Crippen LogP contribution in [-0.2, 0) is 13.6 Å². The number of aromatic nitrogens is 2. The second kappa shape index (κ2) is 4.59. The quantitative estimate of drug-likeness (QED) is 0.858. The highest BCUT2D eigenvalue weighted by Gasteiger charge is 2.05. The van der Waals surface area contributed by atoms with Crippen LogP contribution in [-0.4, -0.2) is 9.78 Å². The van der Waals surface area contributed by atoms with Crippen LogP contribution in [0.2, 0.25) is 0 Å². The molecule has 0 fully saturated rings. The maximum absolute atomic E-state index is 4.32. The molecular weight excluding hydrogens is 206 g/mol. The van der Waals surface area contributed by atoms with Gasteiger partial charge < -0.3 is 5.32 Å². The summed E-state index contributed by atoms with van der Waals surface area (Å²) in [5.74, 6) is 0. The summed E-state index contributed by atoms with van der Waals surface area (Å²) in [4.78, 5) is 1.37. The molecular formula is C11H15N3S. The van der Waals surface area contributed by atoms with Crippen LogP contribution in [0.3, 0.4) is 0 Å². The van der Waals surface area contributed by atoms with Gasteiger partial charge in [-0.15, -0.1) is 11.3 Å². The van der Waals surface area contributed by atoms with Gasteiger partial charge in [-0.25, -0.2) is 0 Å². The van der Waals surface area contributed by atoms with Crippen molar-refractivity contribution in [3.63, 3.8) is 0 Å². The van der Waals surface area contributed by atoms with Crippen LogP contribution in [0.1, 0.15) is 23.5 Å². The lowest BCUT2D eigenvalue weighted by molar-refractivity contribution is 0.569. The van der Waals surface area contributed by atoms with E-state index in [1.165, 1.54) is 4.88 Å². The monoisotopic (exact) mass is 221 g/mol. The Morgan fingerprint density at radius 3 is 3.00 bits per heavy atom. The summed E-state index contributed by atoms with van der Waals surface area (Å²) >= 11 is 1.78. The third-order valence-electron chi connectivity index (χ3n) is 2.33. The molecule has 80 valence electrons. The van der Waals surface area contributed by atoms with Gasteiger partial charge in [-0.3, -0.25) is 4.68 Å². The van der Waals surface area contributed by atoms with Crippen molar-refractivity contribution in [3.05, 3.63) is 40.3 Å². The Kier molecular flexibility index (Phi) is 3.18. The Morgan fingerprint density at radius 2 is 2.40 bits per heavy atom. The minimum Gasteiger partial charge on any atom is -0.304 e. The van der Waals surface area contributed by atoms with E-state index in [1.54, 1.807) is 11.3 Å². The summed E-state index contributed by atoms with van der Waals surface area (Å²) < 4.78 is 1.83. The van der Waals surface area contributed by atoms with E-state index in [0.717, 1.165) is 12.2 Å². The van der Waals surface area contributed by atoms with Gasteiger partial charge in [-0.1, -0.05) is 6.07 Å². The highest BCUT2D eigenvalue weighted by molar-refractivity contribution is 7.10. The largest absolute Gasteiger partial charge is 0.304 e. The molecule has 0 bridgehead atoms. The molecule has 0 unspecified atom stereocenters. The van der Waals surface area contributed by atoms with E-state index in [0.29, 0.717) is 6.04 Å². The van der Waals surface area contributed by atoms with Crippen molar-refractivity contribution in [1.82, 2.24) is 15.1 Å². The van der Waals surface area contributed by atoms with Crippen LogP contribution in [0, 0.1) is 0 Å². The van der Waals surface area contributed by atoms with Gasteiger partial charge in [0.05, 0.1) is 5.69 Å². The molecule has 0 aromatic carbocycles. The molecule has 0 aliphatic carbocycles. The van der Waals surface area contributed by atoms with E-state index in [2.05, 4.69) is 34.9 Å². The molecule has 1 N–H and O–H groups in total. The van der Waals surface area contributed by atoms with Gasteiger partial charge in [0.25, 0.3) is 0 Å². The number of nitrogens with zero attached hydrogens (tertiary/aromatic N) is 2. The molecule has 0 aliphatic rings. The van der Waals surface area contributed by atoms with Gasteiger partial charge in [0, 0.05) is 30.7 Å². The Morgan fingerprint density at radius 1 is 1.53 bits per heavy atom. The Hall–Kier alpha value is -1.13. The van der Waals surface area contributed by atoms with Crippen LogP contribution in [0.4, 0.5) is 0 Å². The average Bonchev–Trinajstić information content (AvgIpc) is 2.84. The molecule has 2 rings (SSSR count). The van der Waals surface area contributed by atoms with Crippen molar-refractivity contribution in [2.24, 2.45) is 7.05 Å². The minimum atomic E-state index is 0.395. The molecule has 0 radical (unpaired) electrons. The van der Waals surface area contributed by atoms with E-state index >= 15 is 0 Å². The zero-order valence-corrected chi connectivity index (χ0v) is 9.79. The van der Waals surface area contributed by atoms with E-state index in [1.807, 2.05) is 24.0 Å². The maximum Gasteiger partial charge on any atom is 0.0762 e. The van der Waals surface area contributed by atoms with E-state index in [-0.39, 0.29) is 0 Å². The van der Waals surface area contributed by atoms with E-state index in [9.17, 15) is 0 Å². The van der Waals surface area contributed by atoms with Crippen molar-refractivity contribution in [3.8, 4) is 0 Å². The van der Waals surface area contributed by atoms with Crippen LogP contribution in [0.15, 0.2) is 29.8 Å². The number of rotatable bonds is 4. The Labute approximate surface area is 93.7 Å². The highest BCUT2D eigenvalue weighted by Crippen LogP contribution is 2.18. The average molecular weight is 221 g/mol. The third-order valence-corrected chi connectivity index (χ3v) is 3.38. The van der Waals surface area contributed by atoms with Gasteiger partial charge in [0.2, 0.25) is 0 Å². The van der Waals surface area contributed by atoms with Crippen molar-refractivity contribution in [1.29, 1.82) is 0 Å². The second-order valence-electron chi connectivity index (χ2n) is 3.60. The summed E-state index contributed by atoms with van der Waals surface area (Å²) in [6.07, 6.45) is 1.97.